The van der Waals surface area contributed by atoms with E-state index in [1.807, 2.05) is 25.3 Å². The Morgan fingerprint density at radius 2 is 2.29 bits per heavy atom. The molecule has 1 atom stereocenters. The van der Waals surface area contributed by atoms with Crippen LogP contribution in [0, 0.1) is 6.92 Å². The second-order valence-corrected chi connectivity index (χ2v) is 4.84. The molecule has 4 heteroatoms. The van der Waals surface area contributed by atoms with E-state index in [0.29, 0.717) is 5.92 Å². The zero-order chi connectivity index (χ0) is 12.0. The third-order valence-electron chi connectivity index (χ3n) is 3.44. The monoisotopic (exact) mass is 231 g/mol. The van der Waals surface area contributed by atoms with Crippen LogP contribution in [0.15, 0.2) is 18.3 Å². The van der Waals surface area contributed by atoms with E-state index in [1.165, 1.54) is 12.8 Å². The molecular formula is C13H17N3O. The standard InChI is InChI=1S/C13H17N3O/c1-8-12-5-4-10(11(14)7-17)6-16(12)13(15-8)9-2-3-9/h4-6,9,11,17H,2-3,7,14H2,1H3. The third-order valence-corrected chi connectivity index (χ3v) is 3.44. The zero-order valence-corrected chi connectivity index (χ0v) is 9.93. The lowest BCUT2D eigenvalue weighted by molar-refractivity contribution is 0.267. The molecule has 2 aromatic heterocycles. The summed E-state index contributed by atoms with van der Waals surface area (Å²) in [4.78, 5) is 4.64. The van der Waals surface area contributed by atoms with Crippen molar-refractivity contribution in [3.63, 3.8) is 0 Å². The van der Waals surface area contributed by atoms with Crippen molar-refractivity contribution in [2.45, 2.75) is 31.7 Å². The van der Waals surface area contributed by atoms with E-state index in [9.17, 15) is 0 Å². The number of nitrogens with two attached hydrogens (primary N) is 1. The van der Waals surface area contributed by atoms with Gasteiger partial charge >= 0.3 is 0 Å². The van der Waals surface area contributed by atoms with Crippen molar-refractivity contribution in [3.8, 4) is 0 Å². The molecule has 17 heavy (non-hydrogen) atoms. The SMILES string of the molecule is Cc1nc(C2CC2)n2cc(C(N)CO)ccc12. The average Bonchev–Trinajstić information content (AvgIpc) is 3.14. The summed E-state index contributed by atoms with van der Waals surface area (Å²) >= 11 is 0. The van der Waals surface area contributed by atoms with Crippen molar-refractivity contribution in [2.24, 2.45) is 5.73 Å². The highest BCUT2D eigenvalue weighted by atomic mass is 16.3. The first-order valence-electron chi connectivity index (χ1n) is 6.05. The summed E-state index contributed by atoms with van der Waals surface area (Å²) in [7, 11) is 0. The lowest BCUT2D eigenvalue weighted by atomic mass is 10.1. The van der Waals surface area contributed by atoms with E-state index in [0.717, 1.165) is 22.6 Å². The van der Waals surface area contributed by atoms with Crippen LogP contribution in [-0.4, -0.2) is 21.1 Å². The molecule has 90 valence electrons. The van der Waals surface area contributed by atoms with Crippen LogP contribution < -0.4 is 5.73 Å². The van der Waals surface area contributed by atoms with Gasteiger partial charge in [0.15, 0.2) is 0 Å². The van der Waals surface area contributed by atoms with Crippen molar-refractivity contribution < 1.29 is 5.11 Å². The lowest BCUT2D eigenvalue weighted by Gasteiger charge is -2.09. The largest absolute Gasteiger partial charge is 0.394 e. The number of rotatable bonds is 3. The van der Waals surface area contributed by atoms with Gasteiger partial charge in [0, 0.05) is 12.1 Å². The van der Waals surface area contributed by atoms with E-state index < -0.39 is 0 Å². The van der Waals surface area contributed by atoms with Gasteiger partial charge in [0.1, 0.15) is 5.82 Å². The molecule has 0 amide bonds. The third kappa shape index (κ3) is 1.73. The quantitative estimate of drug-likeness (QED) is 0.841. The number of aliphatic hydroxyl groups is 1. The van der Waals surface area contributed by atoms with Crippen molar-refractivity contribution in [1.29, 1.82) is 0 Å². The normalized spacial score (nSPS) is 17.6. The zero-order valence-electron chi connectivity index (χ0n) is 9.93. The van der Waals surface area contributed by atoms with Gasteiger partial charge in [0.05, 0.1) is 23.9 Å². The molecule has 0 saturated heterocycles. The Kier molecular flexibility index (Phi) is 2.42. The van der Waals surface area contributed by atoms with E-state index in [2.05, 4.69) is 9.38 Å². The first-order chi connectivity index (χ1) is 8.20. The van der Waals surface area contributed by atoms with E-state index in [4.69, 9.17) is 10.8 Å². The maximum atomic E-state index is 9.11. The second-order valence-electron chi connectivity index (χ2n) is 4.84. The molecule has 2 heterocycles. The van der Waals surface area contributed by atoms with E-state index in [-0.39, 0.29) is 12.6 Å². The van der Waals surface area contributed by atoms with Gasteiger partial charge in [-0.05, 0) is 31.4 Å². The number of hydrogen-bond donors (Lipinski definition) is 2. The second kappa shape index (κ2) is 3.82. The Labute approximate surface area is 100 Å². The molecule has 0 bridgehead atoms. The van der Waals surface area contributed by atoms with Gasteiger partial charge in [0.25, 0.3) is 0 Å². The number of aromatic nitrogens is 2. The predicted molar refractivity (Wildman–Crippen MR) is 65.9 cm³/mol. The number of imidazole rings is 1. The first-order valence-corrected chi connectivity index (χ1v) is 6.05. The van der Waals surface area contributed by atoms with Crippen molar-refractivity contribution in [1.82, 2.24) is 9.38 Å². The number of fused-ring (bicyclic) bond motifs is 1. The minimum atomic E-state index is -0.311. The molecule has 4 nitrogen and oxygen atoms in total. The molecule has 1 unspecified atom stereocenters. The number of aliphatic hydroxyl groups excluding tert-OH is 1. The molecule has 2 aromatic rings. The van der Waals surface area contributed by atoms with Crippen LogP contribution in [0.2, 0.25) is 0 Å². The fraction of sp³-hybridized carbons (Fsp3) is 0.462. The van der Waals surface area contributed by atoms with Crippen LogP contribution in [0.4, 0.5) is 0 Å². The van der Waals surface area contributed by atoms with Gasteiger partial charge < -0.3 is 15.2 Å². The summed E-state index contributed by atoms with van der Waals surface area (Å²) in [5.41, 5.74) is 9.01. The molecule has 1 saturated carbocycles. The van der Waals surface area contributed by atoms with Gasteiger partial charge in [-0.15, -0.1) is 0 Å². The van der Waals surface area contributed by atoms with Gasteiger partial charge in [-0.25, -0.2) is 4.98 Å². The van der Waals surface area contributed by atoms with Gasteiger partial charge in [-0.2, -0.15) is 0 Å². The predicted octanol–water partition coefficient (Wildman–Crippen LogP) is 1.51. The summed E-state index contributed by atoms with van der Waals surface area (Å²) in [6, 6.07) is 3.70. The van der Waals surface area contributed by atoms with Gasteiger partial charge in [-0.1, -0.05) is 6.07 Å². The maximum Gasteiger partial charge on any atom is 0.116 e. The fourth-order valence-corrected chi connectivity index (χ4v) is 2.24. The molecule has 0 aliphatic heterocycles. The summed E-state index contributed by atoms with van der Waals surface area (Å²) in [6.45, 7) is 2.00. The van der Waals surface area contributed by atoms with Crippen LogP contribution in [-0.2, 0) is 0 Å². The van der Waals surface area contributed by atoms with Crippen LogP contribution in [0.3, 0.4) is 0 Å². The van der Waals surface area contributed by atoms with Crippen LogP contribution in [0.1, 0.15) is 41.9 Å². The molecule has 1 aliphatic rings. The van der Waals surface area contributed by atoms with E-state index >= 15 is 0 Å². The molecule has 0 aromatic carbocycles. The highest BCUT2D eigenvalue weighted by molar-refractivity contribution is 5.54. The molecule has 1 fully saturated rings. The van der Waals surface area contributed by atoms with Gasteiger partial charge in [-0.3, -0.25) is 0 Å². The Bertz CT molecular complexity index is 557. The molecule has 1 aliphatic carbocycles. The highest BCUT2D eigenvalue weighted by Gasteiger charge is 2.28. The maximum absolute atomic E-state index is 9.11. The topological polar surface area (TPSA) is 63.5 Å². The van der Waals surface area contributed by atoms with E-state index in [1.54, 1.807) is 0 Å². The molecule has 3 N–H and O–H groups in total. The summed E-state index contributed by atoms with van der Waals surface area (Å²) in [5.74, 6) is 1.75. The number of hydrogen-bond acceptors (Lipinski definition) is 3. The first kappa shape index (κ1) is 10.7. The summed E-state index contributed by atoms with van der Waals surface area (Å²) in [6.07, 6.45) is 4.48. The minimum Gasteiger partial charge on any atom is -0.394 e. The lowest BCUT2D eigenvalue weighted by Crippen LogP contribution is -2.15. The highest BCUT2D eigenvalue weighted by Crippen LogP contribution is 2.40. The summed E-state index contributed by atoms with van der Waals surface area (Å²) in [5, 5.41) is 9.11. The molecule has 0 spiro atoms. The van der Waals surface area contributed by atoms with Crippen molar-refractivity contribution in [2.75, 3.05) is 6.61 Å². The average molecular weight is 231 g/mol. The summed E-state index contributed by atoms with van der Waals surface area (Å²) < 4.78 is 2.14. The van der Waals surface area contributed by atoms with Crippen LogP contribution in [0.25, 0.3) is 5.52 Å². The number of nitrogens with zero attached hydrogens (tertiary/aromatic N) is 2. The molecular weight excluding hydrogens is 214 g/mol. The van der Waals surface area contributed by atoms with Crippen molar-refractivity contribution >= 4 is 5.52 Å². The Morgan fingerprint density at radius 3 is 2.94 bits per heavy atom. The smallest absolute Gasteiger partial charge is 0.116 e. The van der Waals surface area contributed by atoms with Crippen molar-refractivity contribution in [3.05, 3.63) is 35.4 Å². The van der Waals surface area contributed by atoms with Crippen LogP contribution >= 0.6 is 0 Å². The number of pyridine rings is 1. The van der Waals surface area contributed by atoms with Crippen LogP contribution in [0.5, 0.6) is 0 Å². The fourth-order valence-electron chi connectivity index (χ4n) is 2.24. The molecule has 3 rings (SSSR count). The van der Waals surface area contributed by atoms with Gasteiger partial charge in [0.2, 0.25) is 0 Å². The number of aryl methyl sites for hydroxylation is 1. The molecule has 0 radical (unpaired) electrons. The Morgan fingerprint density at radius 1 is 1.53 bits per heavy atom. The Hall–Kier alpha value is -1.39. The minimum absolute atomic E-state index is 0.0298. The Balaban J connectivity index is 2.15.